The highest BCUT2D eigenvalue weighted by atomic mass is 15.3. The number of aryl methyl sites for hydroxylation is 1. The molecule has 3 nitrogen and oxygen atoms in total. The Hall–Kier alpha value is -0.830. The Morgan fingerprint density at radius 2 is 2.20 bits per heavy atom. The zero-order chi connectivity index (χ0) is 10.5. The maximum Gasteiger partial charge on any atom is 0.0762 e. The molecule has 1 aliphatic carbocycles. The molecule has 0 unspecified atom stereocenters. The predicted octanol–water partition coefficient (Wildman–Crippen LogP) is 2.09. The van der Waals surface area contributed by atoms with Crippen molar-refractivity contribution in [1.29, 1.82) is 0 Å². The number of rotatable bonds is 4. The van der Waals surface area contributed by atoms with Crippen LogP contribution in [0, 0.1) is 5.92 Å². The van der Waals surface area contributed by atoms with E-state index in [1.165, 1.54) is 32.1 Å². The van der Waals surface area contributed by atoms with E-state index in [-0.39, 0.29) is 0 Å². The van der Waals surface area contributed by atoms with Gasteiger partial charge in [-0.3, -0.25) is 4.68 Å². The van der Waals surface area contributed by atoms with Crippen molar-refractivity contribution in [3.8, 4) is 0 Å². The second-order valence-corrected chi connectivity index (χ2v) is 4.62. The van der Waals surface area contributed by atoms with E-state index in [2.05, 4.69) is 16.5 Å². The van der Waals surface area contributed by atoms with Gasteiger partial charge in [0.1, 0.15) is 0 Å². The van der Waals surface area contributed by atoms with Gasteiger partial charge in [-0.15, -0.1) is 0 Å². The molecular formula is C12H21N3. The molecule has 1 aliphatic rings. The molecule has 84 valence electrons. The molecule has 0 aliphatic heterocycles. The van der Waals surface area contributed by atoms with E-state index in [1.807, 2.05) is 17.9 Å². The Balaban J connectivity index is 1.65. The minimum Gasteiger partial charge on any atom is -0.311 e. The molecule has 0 atom stereocenters. The standard InChI is InChI=1S/C12H21N3/c1-15-8-7-12(14-15)10-13-9-11-5-3-2-4-6-11/h7-8,11,13H,2-6,9-10H2,1H3. The van der Waals surface area contributed by atoms with E-state index in [1.54, 1.807) is 0 Å². The third kappa shape index (κ3) is 3.34. The van der Waals surface area contributed by atoms with Gasteiger partial charge in [-0.05, 0) is 31.4 Å². The molecule has 1 saturated carbocycles. The number of hydrogen-bond donors (Lipinski definition) is 1. The van der Waals surface area contributed by atoms with Gasteiger partial charge in [-0.2, -0.15) is 5.10 Å². The maximum atomic E-state index is 4.35. The lowest BCUT2D eigenvalue weighted by molar-refractivity contribution is 0.341. The van der Waals surface area contributed by atoms with E-state index >= 15 is 0 Å². The lowest BCUT2D eigenvalue weighted by Gasteiger charge is -2.21. The van der Waals surface area contributed by atoms with E-state index in [9.17, 15) is 0 Å². The van der Waals surface area contributed by atoms with Crippen LogP contribution in [0.4, 0.5) is 0 Å². The van der Waals surface area contributed by atoms with E-state index in [0.717, 1.165) is 24.7 Å². The predicted molar refractivity (Wildman–Crippen MR) is 61.5 cm³/mol. The van der Waals surface area contributed by atoms with Crippen molar-refractivity contribution in [3.05, 3.63) is 18.0 Å². The van der Waals surface area contributed by atoms with Gasteiger partial charge >= 0.3 is 0 Å². The van der Waals surface area contributed by atoms with Gasteiger partial charge in [-0.25, -0.2) is 0 Å². The smallest absolute Gasteiger partial charge is 0.0762 e. The van der Waals surface area contributed by atoms with Crippen LogP contribution >= 0.6 is 0 Å². The van der Waals surface area contributed by atoms with Crippen LogP contribution in [-0.2, 0) is 13.6 Å². The molecule has 0 aromatic carbocycles. The molecule has 3 heteroatoms. The molecular weight excluding hydrogens is 186 g/mol. The van der Waals surface area contributed by atoms with Crippen molar-refractivity contribution < 1.29 is 0 Å². The summed E-state index contributed by atoms with van der Waals surface area (Å²) >= 11 is 0. The normalized spacial score (nSPS) is 18.2. The van der Waals surface area contributed by atoms with Crippen molar-refractivity contribution in [2.45, 2.75) is 38.6 Å². The highest BCUT2D eigenvalue weighted by molar-refractivity contribution is 4.97. The first-order chi connectivity index (χ1) is 7.34. The van der Waals surface area contributed by atoms with Crippen molar-refractivity contribution in [2.24, 2.45) is 13.0 Å². The van der Waals surface area contributed by atoms with Crippen LogP contribution in [0.25, 0.3) is 0 Å². The van der Waals surface area contributed by atoms with Gasteiger partial charge in [0.15, 0.2) is 0 Å². The fourth-order valence-corrected chi connectivity index (χ4v) is 2.35. The van der Waals surface area contributed by atoms with Gasteiger partial charge in [-0.1, -0.05) is 19.3 Å². The summed E-state index contributed by atoms with van der Waals surface area (Å²) in [5, 5.41) is 7.86. The van der Waals surface area contributed by atoms with Crippen molar-refractivity contribution >= 4 is 0 Å². The molecule has 0 saturated heterocycles. The molecule has 2 rings (SSSR count). The summed E-state index contributed by atoms with van der Waals surface area (Å²) in [6.45, 7) is 2.08. The SMILES string of the molecule is Cn1ccc(CNCC2CCCCC2)n1. The zero-order valence-electron chi connectivity index (χ0n) is 9.58. The average Bonchev–Trinajstić information content (AvgIpc) is 2.66. The van der Waals surface area contributed by atoms with E-state index < -0.39 is 0 Å². The third-order valence-corrected chi connectivity index (χ3v) is 3.23. The first-order valence-electron chi connectivity index (χ1n) is 6.04. The molecule has 0 spiro atoms. The molecule has 1 fully saturated rings. The monoisotopic (exact) mass is 207 g/mol. The summed E-state index contributed by atoms with van der Waals surface area (Å²) in [6, 6.07) is 2.08. The van der Waals surface area contributed by atoms with Gasteiger partial charge < -0.3 is 5.32 Å². The minimum absolute atomic E-state index is 0.905. The number of nitrogens with one attached hydrogen (secondary N) is 1. The molecule has 1 N–H and O–H groups in total. The summed E-state index contributed by atoms with van der Waals surface area (Å²) in [5.41, 5.74) is 1.15. The summed E-state index contributed by atoms with van der Waals surface area (Å²) < 4.78 is 1.86. The van der Waals surface area contributed by atoms with Crippen molar-refractivity contribution in [1.82, 2.24) is 15.1 Å². The van der Waals surface area contributed by atoms with E-state index in [0.29, 0.717) is 0 Å². The first kappa shape index (κ1) is 10.7. The van der Waals surface area contributed by atoms with Crippen LogP contribution in [0.1, 0.15) is 37.8 Å². The van der Waals surface area contributed by atoms with Crippen LogP contribution in [-0.4, -0.2) is 16.3 Å². The maximum absolute atomic E-state index is 4.35. The summed E-state index contributed by atoms with van der Waals surface area (Å²) in [5.74, 6) is 0.905. The second kappa shape index (κ2) is 5.31. The van der Waals surface area contributed by atoms with Crippen molar-refractivity contribution in [3.63, 3.8) is 0 Å². The quantitative estimate of drug-likeness (QED) is 0.819. The molecule has 0 amide bonds. The summed E-state index contributed by atoms with van der Waals surface area (Å²) in [6.07, 6.45) is 9.12. The average molecular weight is 207 g/mol. The zero-order valence-corrected chi connectivity index (χ0v) is 9.58. The van der Waals surface area contributed by atoms with Gasteiger partial charge in [0.2, 0.25) is 0 Å². The Kier molecular flexibility index (Phi) is 3.78. The summed E-state index contributed by atoms with van der Waals surface area (Å²) in [7, 11) is 1.96. The fraction of sp³-hybridized carbons (Fsp3) is 0.750. The van der Waals surface area contributed by atoms with Gasteiger partial charge in [0, 0.05) is 19.8 Å². The number of nitrogens with zero attached hydrogens (tertiary/aromatic N) is 2. The van der Waals surface area contributed by atoms with Crippen molar-refractivity contribution in [2.75, 3.05) is 6.54 Å². The highest BCUT2D eigenvalue weighted by Crippen LogP contribution is 2.22. The van der Waals surface area contributed by atoms with Crippen LogP contribution < -0.4 is 5.32 Å². The Morgan fingerprint density at radius 1 is 1.40 bits per heavy atom. The lowest BCUT2D eigenvalue weighted by atomic mass is 9.89. The molecule has 15 heavy (non-hydrogen) atoms. The Labute approximate surface area is 91.9 Å². The molecule has 1 aromatic rings. The van der Waals surface area contributed by atoms with Crippen LogP contribution in [0.3, 0.4) is 0 Å². The second-order valence-electron chi connectivity index (χ2n) is 4.62. The van der Waals surface area contributed by atoms with Gasteiger partial charge in [0.05, 0.1) is 5.69 Å². The Bertz CT molecular complexity index is 287. The first-order valence-corrected chi connectivity index (χ1v) is 6.04. The van der Waals surface area contributed by atoms with Crippen LogP contribution in [0.5, 0.6) is 0 Å². The van der Waals surface area contributed by atoms with Crippen LogP contribution in [0.2, 0.25) is 0 Å². The lowest BCUT2D eigenvalue weighted by Crippen LogP contribution is -2.24. The highest BCUT2D eigenvalue weighted by Gasteiger charge is 2.12. The number of aromatic nitrogens is 2. The minimum atomic E-state index is 0.905. The fourth-order valence-electron chi connectivity index (χ4n) is 2.35. The van der Waals surface area contributed by atoms with Gasteiger partial charge in [0.25, 0.3) is 0 Å². The number of hydrogen-bond acceptors (Lipinski definition) is 2. The summed E-state index contributed by atoms with van der Waals surface area (Å²) in [4.78, 5) is 0. The third-order valence-electron chi connectivity index (χ3n) is 3.23. The van der Waals surface area contributed by atoms with E-state index in [4.69, 9.17) is 0 Å². The topological polar surface area (TPSA) is 29.9 Å². The Morgan fingerprint density at radius 3 is 2.87 bits per heavy atom. The van der Waals surface area contributed by atoms with Crippen LogP contribution in [0.15, 0.2) is 12.3 Å². The molecule has 1 heterocycles. The molecule has 0 radical (unpaired) electrons. The molecule has 0 bridgehead atoms. The largest absolute Gasteiger partial charge is 0.311 e. The molecule has 1 aromatic heterocycles.